The van der Waals surface area contributed by atoms with Crippen LogP contribution in [0.5, 0.6) is 0 Å². The molecule has 4 heteroatoms. The van der Waals surface area contributed by atoms with Crippen molar-refractivity contribution in [2.75, 3.05) is 17.3 Å². The lowest BCUT2D eigenvalue weighted by molar-refractivity contribution is -0.113. The summed E-state index contributed by atoms with van der Waals surface area (Å²) < 4.78 is 0. The van der Waals surface area contributed by atoms with E-state index in [1.54, 1.807) is 12.1 Å². The van der Waals surface area contributed by atoms with Crippen LogP contribution in [0, 0.1) is 0 Å². The molecular weight excluding hydrogens is 206 g/mol. The fourth-order valence-corrected chi connectivity index (χ4v) is 1.40. The van der Waals surface area contributed by atoms with Crippen LogP contribution in [0.2, 0.25) is 5.02 Å². The Morgan fingerprint density at radius 1 is 1.54 bits per heavy atom. The number of halogens is 1. The molecule has 0 spiro atoms. The minimum atomic E-state index is -0.0272. The highest BCUT2D eigenvalue weighted by Crippen LogP contribution is 2.20. The molecule has 0 aliphatic carbocycles. The summed E-state index contributed by atoms with van der Waals surface area (Å²) >= 11 is 7.33. The van der Waals surface area contributed by atoms with Crippen LogP contribution in [0.15, 0.2) is 24.3 Å². The summed E-state index contributed by atoms with van der Waals surface area (Å²) in [6.07, 6.45) is 1.88. The second-order valence-electron chi connectivity index (χ2n) is 2.46. The van der Waals surface area contributed by atoms with Crippen LogP contribution in [0.4, 0.5) is 5.69 Å². The fourth-order valence-electron chi connectivity index (χ4n) is 0.880. The highest BCUT2D eigenvalue weighted by atomic mass is 35.5. The average Bonchev–Trinajstić information content (AvgIpc) is 2.09. The molecule has 70 valence electrons. The molecule has 13 heavy (non-hydrogen) atoms. The third kappa shape index (κ3) is 3.28. The highest BCUT2D eigenvalue weighted by molar-refractivity contribution is 7.99. The molecule has 0 unspecified atom stereocenters. The first-order valence-electron chi connectivity index (χ1n) is 3.77. The molecule has 0 saturated carbocycles. The molecule has 1 aromatic rings. The minimum absolute atomic E-state index is 0.0272. The molecule has 0 fully saturated rings. The Balaban J connectivity index is 2.63. The van der Waals surface area contributed by atoms with Crippen LogP contribution in [-0.2, 0) is 4.79 Å². The van der Waals surface area contributed by atoms with E-state index in [4.69, 9.17) is 11.6 Å². The van der Waals surface area contributed by atoms with Gasteiger partial charge < -0.3 is 5.32 Å². The summed E-state index contributed by atoms with van der Waals surface area (Å²) in [7, 11) is 0. The van der Waals surface area contributed by atoms with E-state index in [1.165, 1.54) is 11.8 Å². The van der Waals surface area contributed by atoms with Crippen molar-refractivity contribution in [2.24, 2.45) is 0 Å². The number of carbonyl (C=O) groups excluding carboxylic acids is 1. The average molecular weight is 216 g/mol. The summed E-state index contributed by atoms with van der Waals surface area (Å²) in [5.41, 5.74) is 0.670. The Morgan fingerprint density at radius 2 is 2.23 bits per heavy atom. The van der Waals surface area contributed by atoms with Gasteiger partial charge in [-0.3, -0.25) is 4.79 Å². The van der Waals surface area contributed by atoms with E-state index in [-0.39, 0.29) is 5.91 Å². The van der Waals surface area contributed by atoms with Crippen molar-refractivity contribution in [2.45, 2.75) is 0 Å². The van der Waals surface area contributed by atoms with Crippen LogP contribution in [0.3, 0.4) is 0 Å². The van der Waals surface area contributed by atoms with Crippen LogP contribution >= 0.6 is 23.4 Å². The predicted molar refractivity (Wildman–Crippen MR) is 58.5 cm³/mol. The molecular formula is C9H10ClNOS. The van der Waals surface area contributed by atoms with E-state index in [0.29, 0.717) is 16.5 Å². The molecule has 0 aliphatic heterocycles. The number of amides is 1. The van der Waals surface area contributed by atoms with Gasteiger partial charge in [0.05, 0.1) is 16.5 Å². The lowest BCUT2D eigenvalue weighted by Crippen LogP contribution is -2.13. The highest BCUT2D eigenvalue weighted by Gasteiger charge is 2.03. The van der Waals surface area contributed by atoms with E-state index in [1.807, 2.05) is 18.4 Å². The molecule has 0 bridgehead atoms. The van der Waals surface area contributed by atoms with Gasteiger partial charge in [-0.1, -0.05) is 23.7 Å². The van der Waals surface area contributed by atoms with Crippen molar-refractivity contribution in [3.8, 4) is 0 Å². The SMILES string of the molecule is CSCC(=O)Nc1ccccc1Cl. The number of thioether (sulfide) groups is 1. The number of benzene rings is 1. The quantitative estimate of drug-likeness (QED) is 0.840. The molecule has 0 aromatic heterocycles. The van der Waals surface area contributed by atoms with E-state index < -0.39 is 0 Å². The van der Waals surface area contributed by atoms with Crippen LogP contribution in [0.1, 0.15) is 0 Å². The number of rotatable bonds is 3. The Labute approximate surface area is 86.7 Å². The molecule has 2 nitrogen and oxygen atoms in total. The van der Waals surface area contributed by atoms with Gasteiger partial charge in [-0.2, -0.15) is 11.8 Å². The van der Waals surface area contributed by atoms with E-state index in [0.717, 1.165) is 0 Å². The molecule has 0 saturated heterocycles. The smallest absolute Gasteiger partial charge is 0.234 e. The number of anilines is 1. The van der Waals surface area contributed by atoms with Gasteiger partial charge in [-0.25, -0.2) is 0 Å². The molecule has 0 atom stereocenters. The first-order chi connectivity index (χ1) is 6.24. The Morgan fingerprint density at radius 3 is 2.85 bits per heavy atom. The maximum atomic E-state index is 11.2. The second kappa shape index (κ2) is 5.14. The van der Waals surface area contributed by atoms with Crippen molar-refractivity contribution in [3.05, 3.63) is 29.3 Å². The molecule has 1 rings (SSSR count). The van der Waals surface area contributed by atoms with Gasteiger partial charge in [0, 0.05) is 0 Å². The zero-order valence-corrected chi connectivity index (χ0v) is 8.78. The number of hydrogen-bond acceptors (Lipinski definition) is 2. The number of hydrogen-bond donors (Lipinski definition) is 1. The van der Waals surface area contributed by atoms with E-state index >= 15 is 0 Å². The second-order valence-corrected chi connectivity index (χ2v) is 3.73. The molecule has 0 heterocycles. The summed E-state index contributed by atoms with van der Waals surface area (Å²) in [4.78, 5) is 11.2. The fraction of sp³-hybridized carbons (Fsp3) is 0.222. The normalized spacial score (nSPS) is 9.69. The lowest BCUT2D eigenvalue weighted by Gasteiger charge is -2.04. The number of carbonyl (C=O) groups is 1. The van der Waals surface area contributed by atoms with Gasteiger partial charge in [-0.05, 0) is 18.4 Å². The van der Waals surface area contributed by atoms with Crippen LogP contribution < -0.4 is 5.32 Å². The molecule has 1 N–H and O–H groups in total. The first-order valence-corrected chi connectivity index (χ1v) is 5.54. The Hall–Kier alpha value is -0.670. The molecule has 1 amide bonds. The summed E-state index contributed by atoms with van der Waals surface area (Å²) in [5.74, 6) is 0.422. The van der Waals surface area contributed by atoms with Crippen molar-refractivity contribution in [3.63, 3.8) is 0 Å². The van der Waals surface area contributed by atoms with Gasteiger partial charge in [0.25, 0.3) is 0 Å². The van der Waals surface area contributed by atoms with Crippen molar-refractivity contribution < 1.29 is 4.79 Å². The van der Waals surface area contributed by atoms with Crippen LogP contribution in [-0.4, -0.2) is 17.9 Å². The van der Waals surface area contributed by atoms with E-state index in [2.05, 4.69) is 5.32 Å². The predicted octanol–water partition coefficient (Wildman–Crippen LogP) is 2.64. The monoisotopic (exact) mass is 215 g/mol. The minimum Gasteiger partial charge on any atom is -0.324 e. The first kappa shape index (κ1) is 10.4. The third-order valence-electron chi connectivity index (χ3n) is 1.42. The zero-order chi connectivity index (χ0) is 9.68. The number of para-hydroxylation sites is 1. The van der Waals surface area contributed by atoms with Gasteiger partial charge in [0.2, 0.25) is 5.91 Å². The Kier molecular flexibility index (Phi) is 4.12. The van der Waals surface area contributed by atoms with Gasteiger partial charge >= 0.3 is 0 Å². The van der Waals surface area contributed by atoms with Crippen molar-refractivity contribution in [1.29, 1.82) is 0 Å². The zero-order valence-electron chi connectivity index (χ0n) is 7.21. The Bertz CT molecular complexity index is 303. The van der Waals surface area contributed by atoms with Crippen LogP contribution in [0.25, 0.3) is 0 Å². The van der Waals surface area contributed by atoms with E-state index in [9.17, 15) is 4.79 Å². The maximum Gasteiger partial charge on any atom is 0.234 e. The van der Waals surface area contributed by atoms with Gasteiger partial charge in [-0.15, -0.1) is 0 Å². The lowest BCUT2D eigenvalue weighted by atomic mass is 10.3. The summed E-state index contributed by atoms with van der Waals surface area (Å²) in [6, 6.07) is 7.18. The largest absolute Gasteiger partial charge is 0.324 e. The van der Waals surface area contributed by atoms with Gasteiger partial charge in [0.15, 0.2) is 0 Å². The van der Waals surface area contributed by atoms with Crippen molar-refractivity contribution >= 4 is 35.0 Å². The van der Waals surface area contributed by atoms with Gasteiger partial charge in [0.1, 0.15) is 0 Å². The number of nitrogens with one attached hydrogen (secondary N) is 1. The summed E-state index contributed by atoms with van der Waals surface area (Å²) in [6.45, 7) is 0. The molecule has 1 aromatic carbocycles. The standard InChI is InChI=1S/C9H10ClNOS/c1-13-6-9(12)11-8-5-3-2-4-7(8)10/h2-5H,6H2,1H3,(H,11,12). The maximum absolute atomic E-state index is 11.2. The third-order valence-corrected chi connectivity index (χ3v) is 2.30. The molecule has 0 aliphatic rings. The van der Waals surface area contributed by atoms with Crippen molar-refractivity contribution in [1.82, 2.24) is 0 Å². The topological polar surface area (TPSA) is 29.1 Å². The summed E-state index contributed by atoms with van der Waals surface area (Å²) in [5, 5.41) is 3.29. The molecule has 0 radical (unpaired) electrons.